The molecule has 0 heterocycles. The molecule has 1 aromatic rings. The molecule has 0 amide bonds. The second-order valence-corrected chi connectivity index (χ2v) is 5.41. The zero-order valence-corrected chi connectivity index (χ0v) is 12.5. The van der Waals surface area contributed by atoms with Gasteiger partial charge in [-0.2, -0.15) is 0 Å². The molecule has 102 valence electrons. The molecule has 0 saturated carbocycles. The summed E-state index contributed by atoms with van der Waals surface area (Å²) >= 11 is 0. The highest BCUT2D eigenvalue weighted by atomic mass is 14.9. The summed E-state index contributed by atoms with van der Waals surface area (Å²) in [7, 11) is 2.02. The number of aryl methyl sites for hydroxylation is 1. The molecule has 2 heteroatoms. The molecule has 2 N–H and O–H groups in total. The van der Waals surface area contributed by atoms with Gasteiger partial charge in [-0.25, -0.2) is 0 Å². The Hall–Kier alpha value is -1.02. The van der Waals surface area contributed by atoms with E-state index >= 15 is 0 Å². The van der Waals surface area contributed by atoms with Crippen LogP contribution in [0.3, 0.4) is 0 Å². The maximum atomic E-state index is 3.66. The monoisotopic (exact) mass is 248 g/mol. The number of benzene rings is 1. The van der Waals surface area contributed by atoms with Gasteiger partial charge in [0.25, 0.3) is 0 Å². The highest BCUT2D eigenvalue weighted by Crippen LogP contribution is 2.27. The second-order valence-electron chi connectivity index (χ2n) is 5.41. The zero-order valence-electron chi connectivity index (χ0n) is 12.5. The number of hydrogen-bond donors (Lipinski definition) is 2. The van der Waals surface area contributed by atoms with Crippen molar-refractivity contribution in [3.8, 4) is 0 Å². The van der Waals surface area contributed by atoms with Crippen LogP contribution in [0.2, 0.25) is 0 Å². The van der Waals surface area contributed by atoms with E-state index in [1.807, 2.05) is 7.05 Å². The van der Waals surface area contributed by atoms with Crippen molar-refractivity contribution in [3.05, 3.63) is 29.3 Å². The van der Waals surface area contributed by atoms with E-state index in [-0.39, 0.29) is 0 Å². The van der Waals surface area contributed by atoms with Gasteiger partial charge < -0.3 is 10.6 Å². The Balaban J connectivity index is 2.77. The molecule has 0 fully saturated rings. The highest BCUT2D eigenvalue weighted by Gasteiger charge is 2.10. The first-order valence-electron chi connectivity index (χ1n) is 7.08. The lowest BCUT2D eigenvalue weighted by molar-refractivity contribution is 0.506. The van der Waals surface area contributed by atoms with Gasteiger partial charge in [0.15, 0.2) is 0 Å². The Bertz CT molecular complexity index is 358. The average Bonchev–Trinajstić information content (AvgIpc) is 2.35. The molecule has 0 radical (unpaired) electrons. The van der Waals surface area contributed by atoms with E-state index in [0.717, 1.165) is 13.1 Å². The third kappa shape index (κ3) is 4.02. The van der Waals surface area contributed by atoms with Gasteiger partial charge in [0.2, 0.25) is 0 Å². The lowest BCUT2D eigenvalue weighted by Crippen LogP contribution is -2.25. The van der Waals surface area contributed by atoms with Crippen LogP contribution in [0.5, 0.6) is 0 Å². The SMILES string of the molecule is CCC(CNC)CNc1c(C)cccc1C(C)C. The van der Waals surface area contributed by atoms with E-state index < -0.39 is 0 Å². The molecule has 18 heavy (non-hydrogen) atoms. The van der Waals surface area contributed by atoms with Crippen LogP contribution in [0.25, 0.3) is 0 Å². The van der Waals surface area contributed by atoms with Gasteiger partial charge in [0, 0.05) is 12.2 Å². The van der Waals surface area contributed by atoms with Gasteiger partial charge in [-0.1, -0.05) is 45.4 Å². The minimum absolute atomic E-state index is 0.566. The van der Waals surface area contributed by atoms with Gasteiger partial charge in [0.1, 0.15) is 0 Å². The van der Waals surface area contributed by atoms with Crippen molar-refractivity contribution in [2.24, 2.45) is 5.92 Å². The Morgan fingerprint density at radius 2 is 1.89 bits per heavy atom. The minimum atomic E-state index is 0.566. The maximum absolute atomic E-state index is 3.66. The molecule has 1 atom stereocenters. The summed E-state index contributed by atoms with van der Waals surface area (Å²) in [5.74, 6) is 1.26. The predicted molar refractivity (Wildman–Crippen MR) is 81.5 cm³/mol. The molecule has 1 rings (SSSR count). The van der Waals surface area contributed by atoms with E-state index in [1.54, 1.807) is 0 Å². The Morgan fingerprint density at radius 1 is 1.17 bits per heavy atom. The van der Waals surface area contributed by atoms with Gasteiger partial charge in [-0.15, -0.1) is 0 Å². The molecular weight excluding hydrogens is 220 g/mol. The van der Waals surface area contributed by atoms with Crippen molar-refractivity contribution in [1.82, 2.24) is 5.32 Å². The second kappa shape index (κ2) is 7.42. The fraction of sp³-hybridized carbons (Fsp3) is 0.625. The summed E-state index contributed by atoms with van der Waals surface area (Å²) in [6.45, 7) is 11.1. The minimum Gasteiger partial charge on any atom is -0.384 e. The molecule has 0 aliphatic rings. The van der Waals surface area contributed by atoms with Crippen LogP contribution in [0.4, 0.5) is 5.69 Å². The highest BCUT2D eigenvalue weighted by molar-refractivity contribution is 5.58. The summed E-state index contributed by atoms with van der Waals surface area (Å²) in [6, 6.07) is 6.58. The van der Waals surface area contributed by atoms with Gasteiger partial charge >= 0.3 is 0 Å². The molecule has 0 bridgehead atoms. The smallest absolute Gasteiger partial charge is 0.0405 e. The average molecular weight is 248 g/mol. The van der Waals surface area contributed by atoms with Crippen LogP contribution in [0, 0.1) is 12.8 Å². The van der Waals surface area contributed by atoms with E-state index in [2.05, 4.69) is 56.5 Å². The molecule has 1 unspecified atom stereocenters. The molecular formula is C16H28N2. The van der Waals surface area contributed by atoms with Crippen molar-refractivity contribution in [2.45, 2.75) is 40.0 Å². The largest absolute Gasteiger partial charge is 0.384 e. The normalized spacial score (nSPS) is 12.8. The Labute approximate surface area is 112 Å². The van der Waals surface area contributed by atoms with E-state index in [1.165, 1.54) is 23.2 Å². The predicted octanol–water partition coefficient (Wildman–Crippen LogP) is 3.78. The van der Waals surface area contributed by atoms with Crippen molar-refractivity contribution >= 4 is 5.69 Å². The fourth-order valence-electron chi connectivity index (χ4n) is 2.31. The molecule has 0 spiro atoms. The first-order valence-corrected chi connectivity index (χ1v) is 7.08. The molecule has 0 aliphatic carbocycles. The van der Waals surface area contributed by atoms with Gasteiger partial charge in [-0.05, 0) is 43.5 Å². The van der Waals surface area contributed by atoms with Crippen LogP contribution in [0.15, 0.2) is 18.2 Å². The van der Waals surface area contributed by atoms with Crippen molar-refractivity contribution in [2.75, 3.05) is 25.5 Å². The van der Waals surface area contributed by atoms with Crippen LogP contribution in [-0.2, 0) is 0 Å². The van der Waals surface area contributed by atoms with Gasteiger partial charge in [0.05, 0.1) is 0 Å². The Morgan fingerprint density at radius 3 is 2.44 bits per heavy atom. The lowest BCUT2D eigenvalue weighted by Gasteiger charge is -2.21. The topological polar surface area (TPSA) is 24.1 Å². The molecule has 0 saturated heterocycles. The zero-order chi connectivity index (χ0) is 13.5. The third-order valence-electron chi connectivity index (χ3n) is 3.56. The van der Waals surface area contributed by atoms with Crippen LogP contribution >= 0.6 is 0 Å². The summed E-state index contributed by atoms with van der Waals surface area (Å²) in [5.41, 5.74) is 4.11. The van der Waals surface area contributed by atoms with Crippen LogP contribution in [0.1, 0.15) is 44.2 Å². The number of anilines is 1. The van der Waals surface area contributed by atoms with E-state index in [9.17, 15) is 0 Å². The van der Waals surface area contributed by atoms with Crippen molar-refractivity contribution < 1.29 is 0 Å². The van der Waals surface area contributed by atoms with Crippen LogP contribution in [-0.4, -0.2) is 20.1 Å². The number of para-hydroxylation sites is 1. The van der Waals surface area contributed by atoms with Crippen molar-refractivity contribution in [3.63, 3.8) is 0 Å². The number of nitrogens with one attached hydrogen (secondary N) is 2. The van der Waals surface area contributed by atoms with E-state index in [0.29, 0.717) is 11.8 Å². The number of rotatable bonds is 7. The standard InChI is InChI=1S/C16H28N2/c1-6-14(10-17-5)11-18-16-13(4)8-7-9-15(16)12(2)3/h7-9,12,14,17-18H,6,10-11H2,1-5H3. The molecule has 2 nitrogen and oxygen atoms in total. The summed E-state index contributed by atoms with van der Waals surface area (Å²) in [4.78, 5) is 0. The quantitative estimate of drug-likeness (QED) is 0.767. The number of hydrogen-bond acceptors (Lipinski definition) is 2. The Kier molecular flexibility index (Phi) is 6.20. The van der Waals surface area contributed by atoms with Gasteiger partial charge in [-0.3, -0.25) is 0 Å². The summed E-state index contributed by atoms with van der Waals surface area (Å²) in [6.07, 6.45) is 1.21. The third-order valence-corrected chi connectivity index (χ3v) is 3.56. The summed E-state index contributed by atoms with van der Waals surface area (Å²) < 4.78 is 0. The molecule has 1 aromatic carbocycles. The first kappa shape index (κ1) is 15.0. The molecule has 0 aliphatic heterocycles. The summed E-state index contributed by atoms with van der Waals surface area (Å²) in [5, 5.41) is 6.93. The molecule has 0 aromatic heterocycles. The lowest BCUT2D eigenvalue weighted by atomic mass is 9.97. The van der Waals surface area contributed by atoms with E-state index in [4.69, 9.17) is 0 Å². The fourth-order valence-corrected chi connectivity index (χ4v) is 2.31. The maximum Gasteiger partial charge on any atom is 0.0405 e. The van der Waals surface area contributed by atoms with Crippen LogP contribution < -0.4 is 10.6 Å². The van der Waals surface area contributed by atoms with Crippen molar-refractivity contribution in [1.29, 1.82) is 0 Å². The first-order chi connectivity index (χ1) is 8.60.